The van der Waals surface area contributed by atoms with Gasteiger partial charge >= 0.3 is 0 Å². The summed E-state index contributed by atoms with van der Waals surface area (Å²) < 4.78 is 16.2. The molecule has 2 aromatic rings. The van der Waals surface area contributed by atoms with E-state index in [1.165, 1.54) is 6.07 Å². The van der Waals surface area contributed by atoms with Gasteiger partial charge in [0.25, 0.3) is 0 Å². The van der Waals surface area contributed by atoms with Crippen LogP contribution in [0.5, 0.6) is 0 Å². The summed E-state index contributed by atoms with van der Waals surface area (Å²) in [6, 6.07) is 5.70. The van der Waals surface area contributed by atoms with Gasteiger partial charge in [0, 0.05) is 18.5 Å². The average Bonchev–Trinajstić information content (AvgIpc) is 3.17. The van der Waals surface area contributed by atoms with E-state index in [4.69, 9.17) is 5.73 Å². The van der Waals surface area contributed by atoms with Crippen molar-refractivity contribution < 1.29 is 4.39 Å². The molecule has 20 heavy (non-hydrogen) atoms. The predicted molar refractivity (Wildman–Crippen MR) is 79.2 cm³/mol. The molecule has 1 aromatic heterocycles. The molecule has 0 spiro atoms. The van der Waals surface area contributed by atoms with Gasteiger partial charge in [-0.1, -0.05) is 19.9 Å². The van der Waals surface area contributed by atoms with Crippen LogP contribution in [-0.2, 0) is 0 Å². The summed E-state index contributed by atoms with van der Waals surface area (Å²) in [7, 11) is 0. The van der Waals surface area contributed by atoms with E-state index < -0.39 is 0 Å². The van der Waals surface area contributed by atoms with Gasteiger partial charge in [0.05, 0.1) is 5.52 Å². The van der Waals surface area contributed by atoms with Crippen LogP contribution in [0.4, 0.5) is 4.39 Å². The third-order valence-electron chi connectivity index (χ3n) is 4.02. The number of nitrogens with two attached hydrogens (primary N) is 1. The molecule has 0 saturated heterocycles. The number of benzene rings is 1. The topological polar surface area (TPSA) is 43.8 Å². The van der Waals surface area contributed by atoms with E-state index in [0.29, 0.717) is 24.0 Å². The van der Waals surface area contributed by atoms with Gasteiger partial charge in [0.15, 0.2) is 5.82 Å². The normalized spacial score (nSPS) is 17.1. The van der Waals surface area contributed by atoms with Crippen LogP contribution in [0.15, 0.2) is 18.2 Å². The number of halogens is 1. The molecule has 1 aromatic carbocycles. The lowest BCUT2D eigenvalue weighted by atomic mass is 9.96. The van der Waals surface area contributed by atoms with Crippen LogP contribution in [-0.4, -0.2) is 16.1 Å². The van der Waals surface area contributed by atoms with Gasteiger partial charge in [-0.15, -0.1) is 0 Å². The maximum absolute atomic E-state index is 14.0. The lowest BCUT2D eigenvalue weighted by molar-refractivity contribution is 0.473. The largest absolute Gasteiger partial charge is 0.330 e. The molecule has 1 aliphatic carbocycles. The van der Waals surface area contributed by atoms with Crippen LogP contribution < -0.4 is 5.73 Å². The fourth-order valence-corrected chi connectivity index (χ4v) is 2.98. The molecule has 1 atom stereocenters. The molecule has 1 aliphatic rings. The average molecular weight is 275 g/mol. The summed E-state index contributed by atoms with van der Waals surface area (Å²) in [5.41, 5.74) is 7.37. The highest BCUT2D eigenvalue weighted by Crippen LogP contribution is 2.41. The number of nitrogens with zero attached hydrogens (tertiary/aromatic N) is 2. The zero-order valence-corrected chi connectivity index (χ0v) is 12.1. The van der Waals surface area contributed by atoms with E-state index in [1.807, 2.05) is 6.07 Å². The first kappa shape index (κ1) is 13.6. The summed E-state index contributed by atoms with van der Waals surface area (Å²) >= 11 is 0. The Hall–Kier alpha value is -1.42. The minimum Gasteiger partial charge on any atom is -0.330 e. The fourth-order valence-electron chi connectivity index (χ4n) is 2.98. The lowest BCUT2D eigenvalue weighted by Gasteiger charge is -2.18. The molecule has 1 fully saturated rings. The van der Waals surface area contributed by atoms with Crippen molar-refractivity contribution in [3.05, 3.63) is 29.8 Å². The lowest BCUT2D eigenvalue weighted by Crippen LogP contribution is -2.19. The van der Waals surface area contributed by atoms with Crippen LogP contribution in [0.25, 0.3) is 11.0 Å². The molecule has 108 valence electrons. The van der Waals surface area contributed by atoms with Gasteiger partial charge in [-0.2, -0.15) is 0 Å². The predicted octanol–water partition coefficient (Wildman–Crippen LogP) is 3.60. The van der Waals surface area contributed by atoms with Gasteiger partial charge in [-0.25, -0.2) is 9.37 Å². The monoisotopic (exact) mass is 275 g/mol. The Morgan fingerprint density at radius 3 is 2.75 bits per heavy atom. The Balaban J connectivity index is 2.13. The highest BCUT2D eigenvalue weighted by molar-refractivity contribution is 5.77. The summed E-state index contributed by atoms with van der Waals surface area (Å²) in [6.07, 6.45) is 3.32. The maximum atomic E-state index is 14.0. The van der Waals surface area contributed by atoms with E-state index in [1.54, 1.807) is 6.07 Å². The Kier molecular flexibility index (Phi) is 3.50. The third kappa shape index (κ3) is 2.33. The molecule has 3 rings (SSSR count). The van der Waals surface area contributed by atoms with Gasteiger partial charge in [-0.05, 0) is 37.3 Å². The van der Waals surface area contributed by atoms with Crippen molar-refractivity contribution in [2.24, 2.45) is 11.7 Å². The summed E-state index contributed by atoms with van der Waals surface area (Å²) in [4.78, 5) is 4.61. The first-order chi connectivity index (χ1) is 9.61. The quantitative estimate of drug-likeness (QED) is 0.906. The number of imidazole rings is 1. The molecular weight excluding hydrogens is 253 g/mol. The number of para-hydroxylation sites is 1. The highest BCUT2D eigenvalue weighted by Gasteiger charge is 2.31. The van der Waals surface area contributed by atoms with Crippen molar-refractivity contribution in [3.63, 3.8) is 0 Å². The van der Waals surface area contributed by atoms with Crippen molar-refractivity contribution in [1.82, 2.24) is 9.55 Å². The zero-order valence-electron chi connectivity index (χ0n) is 12.1. The number of hydrogen-bond donors (Lipinski definition) is 1. The second kappa shape index (κ2) is 5.17. The molecule has 4 heteroatoms. The zero-order chi connectivity index (χ0) is 14.3. The summed E-state index contributed by atoms with van der Waals surface area (Å²) in [5.74, 6) is 1.51. The van der Waals surface area contributed by atoms with Gasteiger partial charge in [-0.3, -0.25) is 0 Å². The smallest absolute Gasteiger partial charge is 0.151 e. The molecule has 0 aliphatic heterocycles. The molecule has 0 amide bonds. The van der Waals surface area contributed by atoms with Crippen molar-refractivity contribution in [3.8, 4) is 0 Å². The first-order valence-corrected chi connectivity index (χ1v) is 7.48. The minimum absolute atomic E-state index is 0.211. The number of rotatable bonds is 5. The molecule has 0 radical (unpaired) electrons. The molecular formula is C16H22FN3. The first-order valence-electron chi connectivity index (χ1n) is 7.48. The highest BCUT2D eigenvalue weighted by atomic mass is 19.1. The van der Waals surface area contributed by atoms with Gasteiger partial charge < -0.3 is 10.3 Å². The Labute approximate surface area is 119 Å². The number of fused-ring (bicyclic) bond motifs is 1. The van der Waals surface area contributed by atoms with Crippen molar-refractivity contribution in [1.29, 1.82) is 0 Å². The van der Waals surface area contributed by atoms with E-state index in [0.717, 1.165) is 30.6 Å². The van der Waals surface area contributed by atoms with E-state index in [2.05, 4.69) is 23.4 Å². The van der Waals surface area contributed by atoms with E-state index in [9.17, 15) is 4.39 Å². The van der Waals surface area contributed by atoms with E-state index >= 15 is 0 Å². The Morgan fingerprint density at radius 1 is 1.40 bits per heavy atom. The molecule has 1 heterocycles. The van der Waals surface area contributed by atoms with Crippen LogP contribution in [0.2, 0.25) is 0 Å². The van der Waals surface area contributed by atoms with Crippen LogP contribution in [0, 0.1) is 11.7 Å². The number of hydrogen-bond acceptors (Lipinski definition) is 2. The second-order valence-corrected chi connectivity index (χ2v) is 6.24. The van der Waals surface area contributed by atoms with E-state index in [-0.39, 0.29) is 11.7 Å². The molecule has 0 bridgehead atoms. The third-order valence-corrected chi connectivity index (χ3v) is 4.02. The summed E-state index contributed by atoms with van der Waals surface area (Å²) in [6.45, 7) is 4.94. The van der Waals surface area contributed by atoms with Crippen LogP contribution in [0.1, 0.15) is 50.9 Å². The molecule has 2 N–H and O–H groups in total. The fraction of sp³-hybridized carbons (Fsp3) is 0.562. The molecule has 3 nitrogen and oxygen atoms in total. The Morgan fingerprint density at radius 2 is 2.15 bits per heavy atom. The van der Waals surface area contributed by atoms with Crippen LogP contribution in [0.3, 0.4) is 0 Å². The number of aromatic nitrogens is 2. The Bertz CT molecular complexity index is 613. The minimum atomic E-state index is -0.233. The van der Waals surface area contributed by atoms with Crippen molar-refractivity contribution >= 4 is 11.0 Å². The van der Waals surface area contributed by atoms with Gasteiger partial charge in [0.2, 0.25) is 0 Å². The van der Waals surface area contributed by atoms with Gasteiger partial charge in [0.1, 0.15) is 11.3 Å². The molecule has 1 saturated carbocycles. The standard InChI is InChI=1S/C16H22FN3/c1-10(2)8-11(9-18)16-19-15-13(17)4-3-5-14(15)20(16)12-6-7-12/h3-5,10-12H,6-9,18H2,1-2H3. The SMILES string of the molecule is CC(C)CC(CN)c1nc2c(F)cccc2n1C1CC1. The van der Waals surface area contributed by atoms with Crippen LogP contribution >= 0.6 is 0 Å². The molecule has 1 unspecified atom stereocenters. The maximum Gasteiger partial charge on any atom is 0.151 e. The summed E-state index contributed by atoms with van der Waals surface area (Å²) in [5, 5.41) is 0. The second-order valence-electron chi connectivity index (χ2n) is 6.24. The van der Waals surface area contributed by atoms with Crippen molar-refractivity contribution in [2.45, 2.75) is 45.1 Å². The van der Waals surface area contributed by atoms with Crippen molar-refractivity contribution in [2.75, 3.05) is 6.54 Å².